The molecule has 1 aromatic rings. The van der Waals surface area contributed by atoms with Gasteiger partial charge >= 0.3 is 12.0 Å². The maximum Gasteiger partial charge on any atom is 0.335 e. The second-order valence-corrected chi connectivity index (χ2v) is 3.95. The van der Waals surface area contributed by atoms with Crippen molar-refractivity contribution in [3.8, 4) is 0 Å². The van der Waals surface area contributed by atoms with Gasteiger partial charge in [-0.2, -0.15) is 0 Å². The van der Waals surface area contributed by atoms with E-state index in [1.807, 2.05) is 0 Å². The standard InChI is InChI=1S/C12H14FN3O4/c13-8-4-3-7(11(18)19)6-9(8)16-12(20)15-5-1-2-10(14)17/h3-4,6H,1-2,5H2,(H2,14,17)(H,18,19)(H2,15,16,20). The van der Waals surface area contributed by atoms with E-state index >= 15 is 0 Å². The van der Waals surface area contributed by atoms with Gasteiger partial charge in [-0.1, -0.05) is 0 Å². The minimum absolute atomic E-state index is 0.128. The Morgan fingerprint density at radius 3 is 2.60 bits per heavy atom. The van der Waals surface area contributed by atoms with Crippen LogP contribution < -0.4 is 16.4 Å². The minimum atomic E-state index is -1.23. The first-order valence-corrected chi connectivity index (χ1v) is 5.76. The SMILES string of the molecule is NC(=O)CCCNC(=O)Nc1cc(C(=O)O)ccc1F. The molecular formula is C12H14FN3O4. The number of primary amides is 1. The van der Waals surface area contributed by atoms with Gasteiger partial charge in [0.05, 0.1) is 11.3 Å². The summed E-state index contributed by atoms with van der Waals surface area (Å²) in [4.78, 5) is 32.6. The predicted octanol–water partition coefficient (Wildman–Crippen LogP) is 0.911. The van der Waals surface area contributed by atoms with Crippen LogP contribution in [0.3, 0.4) is 0 Å². The third-order valence-corrected chi connectivity index (χ3v) is 2.35. The van der Waals surface area contributed by atoms with Crippen LogP contribution in [0, 0.1) is 5.82 Å². The summed E-state index contributed by atoms with van der Waals surface area (Å²) in [5.41, 5.74) is 4.54. The van der Waals surface area contributed by atoms with Crippen molar-refractivity contribution >= 4 is 23.6 Å². The van der Waals surface area contributed by atoms with Crippen molar-refractivity contribution in [3.05, 3.63) is 29.6 Å². The molecule has 0 bridgehead atoms. The van der Waals surface area contributed by atoms with Gasteiger partial charge in [0.2, 0.25) is 5.91 Å². The average Bonchev–Trinajstić information content (AvgIpc) is 2.37. The minimum Gasteiger partial charge on any atom is -0.478 e. The third kappa shape index (κ3) is 4.92. The Hall–Kier alpha value is -2.64. The fraction of sp³-hybridized carbons (Fsp3) is 0.250. The molecule has 5 N–H and O–H groups in total. The second kappa shape index (κ2) is 7.07. The number of carboxylic acid groups (broad SMARTS) is 1. The van der Waals surface area contributed by atoms with Gasteiger partial charge in [-0.05, 0) is 24.6 Å². The number of rotatable bonds is 6. The lowest BCUT2D eigenvalue weighted by Gasteiger charge is -2.08. The number of nitrogens with two attached hydrogens (primary N) is 1. The van der Waals surface area contributed by atoms with Crippen LogP contribution in [0.5, 0.6) is 0 Å². The number of hydrogen-bond donors (Lipinski definition) is 4. The van der Waals surface area contributed by atoms with Crippen molar-refractivity contribution < 1.29 is 23.9 Å². The molecule has 0 aromatic heterocycles. The summed E-state index contributed by atoms with van der Waals surface area (Å²) >= 11 is 0. The highest BCUT2D eigenvalue weighted by Gasteiger charge is 2.10. The number of hydrogen-bond acceptors (Lipinski definition) is 3. The van der Waals surface area contributed by atoms with Gasteiger partial charge in [-0.15, -0.1) is 0 Å². The Bertz CT molecular complexity index is 533. The summed E-state index contributed by atoms with van der Waals surface area (Å²) in [5, 5.41) is 13.3. The zero-order valence-electron chi connectivity index (χ0n) is 10.5. The molecule has 0 aliphatic rings. The number of nitrogens with one attached hydrogen (secondary N) is 2. The first-order chi connectivity index (χ1) is 9.40. The average molecular weight is 283 g/mol. The summed E-state index contributed by atoms with van der Waals surface area (Å²) in [5.74, 6) is -2.45. The number of anilines is 1. The molecule has 0 radical (unpaired) electrons. The summed E-state index contributed by atoms with van der Waals surface area (Å²) in [6.45, 7) is 0.189. The number of urea groups is 1. The molecule has 0 atom stereocenters. The van der Waals surface area contributed by atoms with E-state index in [1.54, 1.807) is 0 Å². The molecule has 0 aliphatic heterocycles. The summed E-state index contributed by atoms with van der Waals surface area (Å²) in [6, 6.07) is 2.36. The van der Waals surface area contributed by atoms with Crippen molar-refractivity contribution in [1.82, 2.24) is 5.32 Å². The van der Waals surface area contributed by atoms with Crippen LogP contribution in [0.4, 0.5) is 14.9 Å². The molecule has 20 heavy (non-hydrogen) atoms. The van der Waals surface area contributed by atoms with Gasteiger partial charge in [0.15, 0.2) is 0 Å². The second-order valence-electron chi connectivity index (χ2n) is 3.95. The Kier molecular flexibility index (Phi) is 5.45. The van der Waals surface area contributed by atoms with E-state index < -0.39 is 23.7 Å². The van der Waals surface area contributed by atoms with Crippen molar-refractivity contribution in [1.29, 1.82) is 0 Å². The van der Waals surface area contributed by atoms with E-state index in [0.29, 0.717) is 6.42 Å². The topological polar surface area (TPSA) is 122 Å². The maximum atomic E-state index is 13.4. The Morgan fingerprint density at radius 1 is 1.30 bits per heavy atom. The molecule has 1 rings (SSSR count). The van der Waals surface area contributed by atoms with Crippen LogP contribution in [0.1, 0.15) is 23.2 Å². The molecule has 3 amide bonds. The van der Waals surface area contributed by atoms with Gasteiger partial charge in [-0.3, -0.25) is 4.79 Å². The molecule has 0 fully saturated rings. The summed E-state index contributed by atoms with van der Waals surface area (Å²) in [6.07, 6.45) is 0.490. The lowest BCUT2D eigenvalue weighted by Crippen LogP contribution is -2.30. The van der Waals surface area contributed by atoms with Crippen LogP contribution in [-0.4, -0.2) is 29.6 Å². The highest BCUT2D eigenvalue weighted by molar-refractivity contribution is 5.93. The first-order valence-electron chi connectivity index (χ1n) is 5.76. The zero-order valence-corrected chi connectivity index (χ0v) is 10.5. The molecule has 0 saturated heterocycles. The number of aromatic carboxylic acids is 1. The molecule has 1 aromatic carbocycles. The highest BCUT2D eigenvalue weighted by atomic mass is 19.1. The summed E-state index contributed by atoms with van der Waals surface area (Å²) < 4.78 is 13.4. The quantitative estimate of drug-likeness (QED) is 0.580. The molecule has 0 heterocycles. The fourth-order valence-electron chi connectivity index (χ4n) is 1.39. The van der Waals surface area contributed by atoms with E-state index in [4.69, 9.17) is 10.8 Å². The van der Waals surface area contributed by atoms with Crippen molar-refractivity contribution in [2.75, 3.05) is 11.9 Å². The smallest absolute Gasteiger partial charge is 0.335 e. The van der Waals surface area contributed by atoms with Crippen LogP contribution >= 0.6 is 0 Å². The molecule has 0 unspecified atom stereocenters. The van der Waals surface area contributed by atoms with Gasteiger partial charge in [0.1, 0.15) is 5.82 Å². The Morgan fingerprint density at radius 2 is 2.00 bits per heavy atom. The lowest BCUT2D eigenvalue weighted by atomic mass is 10.2. The Balaban J connectivity index is 2.55. The van der Waals surface area contributed by atoms with Gasteiger partial charge in [0.25, 0.3) is 0 Å². The van der Waals surface area contributed by atoms with Crippen molar-refractivity contribution in [2.45, 2.75) is 12.8 Å². The molecule has 7 nitrogen and oxygen atoms in total. The molecule has 0 spiro atoms. The number of carbonyl (C=O) groups is 3. The molecule has 0 aliphatic carbocycles. The number of carboxylic acids is 1. The molecule has 8 heteroatoms. The zero-order chi connectivity index (χ0) is 15.1. The molecule has 0 saturated carbocycles. The van der Waals surface area contributed by atoms with Crippen molar-refractivity contribution in [3.63, 3.8) is 0 Å². The molecule has 108 valence electrons. The van der Waals surface area contributed by atoms with Gasteiger partial charge in [-0.25, -0.2) is 14.0 Å². The van der Waals surface area contributed by atoms with Crippen LogP contribution in [0.25, 0.3) is 0 Å². The number of carbonyl (C=O) groups excluding carboxylic acids is 2. The highest BCUT2D eigenvalue weighted by Crippen LogP contribution is 2.16. The van der Waals surface area contributed by atoms with E-state index in [1.165, 1.54) is 0 Å². The molecular weight excluding hydrogens is 269 g/mol. The van der Waals surface area contributed by atoms with E-state index in [0.717, 1.165) is 18.2 Å². The maximum absolute atomic E-state index is 13.4. The van der Waals surface area contributed by atoms with Crippen molar-refractivity contribution in [2.24, 2.45) is 5.73 Å². The van der Waals surface area contributed by atoms with E-state index in [2.05, 4.69) is 10.6 Å². The monoisotopic (exact) mass is 283 g/mol. The number of amides is 3. The lowest BCUT2D eigenvalue weighted by molar-refractivity contribution is -0.118. The number of benzene rings is 1. The normalized spacial score (nSPS) is 9.85. The largest absolute Gasteiger partial charge is 0.478 e. The van der Waals surface area contributed by atoms with E-state index in [9.17, 15) is 18.8 Å². The van der Waals surface area contributed by atoms with Gasteiger partial charge < -0.3 is 21.5 Å². The van der Waals surface area contributed by atoms with Crippen LogP contribution in [-0.2, 0) is 4.79 Å². The van der Waals surface area contributed by atoms with E-state index in [-0.39, 0.29) is 24.2 Å². The fourth-order valence-corrected chi connectivity index (χ4v) is 1.39. The van der Waals surface area contributed by atoms with Crippen LogP contribution in [0.2, 0.25) is 0 Å². The summed E-state index contributed by atoms with van der Waals surface area (Å²) in [7, 11) is 0. The number of halogens is 1. The Labute approximate surface area is 114 Å². The third-order valence-electron chi connectivity index (χ3n) is 2.35. The predicted molar refractivity (Wildman–Crippen MR) is 68.8 cm³/mol. The first kappa shape index (κ1) is 15.4. The van der Waals surface area contributed by atoms with Gasteiger partial charge in [0, 0.05) is 13.0 Å². The van der Waals surface area contributed by atoms with Crippen LogP contribution in [0.15, 0.2) is 18.2 Å².